The van der Waals surface area contributed by atoms with Gasteiger partial charge in [-0.3, -0.25) is 4.79 Å². The molecular formula is C11H21NO5. The number of primary amides is 1. The average Bonchev–Trinajstić information content (AvgIpc) is 2.23. The Hall–Kier alpha value is -1.30. The minimum absolute atomic E-state index is 0.0646. The Morgan fingerprint density at radius 2 is 1.59 bits per heavy atom. The Kier molecular flexibility index (Phi) is 5.41. The van der Waals surface area contributed by atoms with Crippen molar-refractivity contribution in [1.29, 1.82) is 0 Å². The molecule has 0 radical (unpaired) electrons. The molecule has 0 spiro atoms. The predicted molar refractivity (Wildman–Crippen MR) is 61.1 cm³/mol. The summed E-state index contributed by atoms with van der Waals surface area (Å²) < 4.78 is 9.71. The lowest BCUT2D eigenvalue weighted by Crippen LogP contribution is -2.35. The van der Waals surface area contributed by atoms with Gasteiger partial charge in [0.1, 0.15) is 6.61 Å². The first kappa shape index (κ1) is 15.7. The van der Waals surface area contributed by atoms with Crippen molar-refractivity contribution in [2.75, 3.05) is 19.8 Å². The van der Waals surface area contributed by atoms with Crippen LogP contribution < -0.4 is 5.73 Å². The van der Waals surface area contributed by atoms with Crippen LogP contribution in [0, 0.1) is 10.8 Å². The Bertz CT molecular complexity index is 286. The third-order valence-corrected chi connectivity index (χ3v) is 2.15. The van der Waals surface area contributed by atoms with Crippen LogP contribution in [0.15, 0.2) is 0 Å². The van der Waals surface area contributed by atoms with E-state index in [-0.39, 0.29) is 19.8 Å². The number of ether oxygens (including phenoxy) is 2. The van der Waals surface area contributed by atoms with Crippen LogP contribution in [0.3, 0.4) is 0 Å². The molecule has 0 aromatic heterocycles. The Morgan fingerprint density at radius 3 is 2.00 bits per heavy atom. The summed E-state index contributed by atoms with van der Waals surface area (Å²) in [5, 5.41) is 8.98. The van der Waals surface area contributed by atoms with E-state index in [1.807, 2.05) is 0 Å². The fourth-order valence-electron chi connectivity index (χ4n) is 0.829. The molecule has 0 aliphatic carbocycles. The van der Waals surface area contributed by atoms with Gasteiger partial charge in [-0.2, -0.15) is 0 Å². The highest BCUT2D eigenvalue weighted by molar-refractivity contribution is 5.76. The second kappa shape index (κ2) is 5.86. The molecule has 0 aliphatic heterocycles. The maximum atomic E-state index is 11.6. The van der Waals surface area contributed by atoms with Gasteiger partial charge in [-0.25, -0.2) is 4.79 Å². The number of carbonyl (C=O) groups excluding carboxylic acids is 2. The monoisotopic (exact) mass is 247 g/mol. The molecule has 6 heteroatoms. The fraction of sp³-hybridized carbons (Fsp3) is 0.818. The van der Waals surface area contributed by atoms with Crippen molar-refractivity contribution >= 4 is 12.1 Å². The van der Waals surface area contributed by atoms with E-state index in [1.165, 1.54) is 0 Å². The molecule has 3 N–H and O–H groups in total. The lowest BCUT2D eigenvalue weighted by atomic mass is 9.94. The summed E-state index contributed by atoms with van der Waals surface area (Å²) in [5.41, 5.74) is 3.40. The molecule has 0 atom stereocenters. The molecule has 0 unspecified atom stereocenters. The molecule has 0 fully saturated rings. The lowest BCUT2D eigenvalue weighted by Gasteiger charge is -2.26. The van der Waals surface area contributed by atoms with Crippen LogP contribution >= 0.6 is 0 Å². The maximum absolute atomic E-state index is 11.6. The third-order valence-electron chi connectivity index (χ3n) is 2.15. The number of aliphatic hydroxyl groups is 1. The second-order valence-electron chi connectivity index (χ2n) is 5.39. The molecule has 1 amide bonds. The van der Waals surface area contributed by atoms with Crippen LogP contribution in [0.2, 0.25) is 0 Å². The van der Waals surface area contributed by atoms with Crippen molar-refractivity contribution in [3.8, 4) is 0 Å². The molecule has 0 saturated carbocycles. The summed E-state index contributed by atoms with van der Waals surface area (Å²) in [6.45, 7) is 6.58. The van der Waals surface area contributed by atoms with Gasteiger partial charge in [0.05, 0.1) is 18.6 Å². The quantitative estimate of drug-likeness (QED) is 0.672. The van der Waals surface area contributed by atoms with Crippen LogP contribution in [-0.4, -0.2) is 37.0 Å². The van der Waals surface area contributed by atoms with Gasteiger partial charge in [-0.1, -0.05) is 13.8 Å². The van der Waals surface area contributed by atoms with Gasteiger partial charge < -0.3 is 20.3 Å². The van der Waals surface area contributed by atoms with Gasteiger partial charge in [-0.05, 0) is 13.8 Å². The summed E-state index contributed by atoms with van der Waals surface area (Å²) in [6.07, 6.45) is -0.861. The molecule has 17 heavy (non-hydrogen) atoms. The molecule has 0 aromatic rings. The summed E-state index contributed by atoms with van der Waals surface area (Å²) in [7, 11) is 0. The molecule has 100 valence electrons. The van der Waals surface area contributed by atoms with Crippen LogP contribution in [0.4, 0.5) is 4.79 Å². The number of esters is 1. The number of hydrogen-bond donors (Lipinski definition) is 2. The van der Waals surface area contributed by atoms with Gasteiger partial charge in [0, 0.05) is 5.41 Å². The molecule has 0 saturated heterocycles. The standard InChI is InChI=1S/C11H21NO5/c1-10(2,7-17-9(12)15)6-16-8(14)11(3,4)5-13/h13H,5-7H2,1-4H3,(H2,12,15). The lowest BCUT2D eigenvalue weighted by molar-refractivity contribution is -0.159. The zero-order valence-corrected chi connectivity index (χ0v) is 10.8. The molecule has 0 rings (SSSR count). The first-order valence-corrected chi connectivity index (χ1v) is 5.31. The van der Waals surface area contributed by atoms with Crippen molar-refractivity contribution in [3.05, 3.63) is 0 Å². The number of aliphatic hydroxyl groups excluding tert-OH is 1. The summed E-state index contributed by atoms with van der Waals surface area (Å²) in [6, 6.07) is 0. The van der Waals surface area contributed by atoms with E-state index in [0.717, 1.165) is 0 Å². The Labute approximate surface area is 101 Å². The maximum Gasteiger partial charge on any atom is 0.404 e. The topological polar surface area (TPSA) is 98.9 Å². The van der Waals surface area contributed by atoms with Gasteiger partial charge in [-0.15, -0.1) is 0 Å². The first-order valence-electron chi connectivity index (χ1n) is 5.31. The summed E-state index contributed by atoms with van der Waals surface area (Å²) >= 11 is 0. The van der Waals surface area contributed by atoms with E-state index in [9.17, 15) is 9.59 Å². The largest absolute Gasteiger partial charge is 0.465 e. The van der Waals surface area contributed by atoms with E-state index in [0.29, 0.717) is 0 Å². The van der Waals surface area contributed by atoms with Crippen molar-refractivity contribution in [2.45, 2.75) is 27.7 Å². The molecule has 0 aliphatic rings. The highest BCUT2D eigenvalue weighted by Crippen LogP contribution is 2.20. The van der Waals surface area contributed by atoms with Crippen molar-refractivity contribution in [3.63, 3.8) is 0 Å². The predicted octanol–water partition coefficient (Wildman–Crippen LogP) is 0.670. The first-order chi connectivity index (χ1) is 7.60. The van der Waals surface area contributed by atoms with Crippen LogP contribution in [0.1, 0.15) is 27.7 Å². The van der Waals surface area contributed by atoms with E-state index in [2.05, 4.69) is 4.74 Å². The summed E-state index contributed by atoms with van der Waals surface area (Å²) in [5.74, 6) is -0.493. The smallest absolute Gasteiger partial charge is 0.404 e. The molecule has 0 aromatic carbocycles. The number of nitrogens with two attached hydrogens (primary N) is 1. The fourth-order valence-corrected chi connectivity index (χ4v) is 0.829. The van der Waals surface area contributed by atoms with Crippen molar-refractivity contribution < 1.29 is 24.2 Å². The van der Waals surface area contributed by atoms with Gasteiger partial charge >= 0.3 is 12.1 Å². The van der Waals surface area contributed by atoms with Gasteiger partial charge in [0.15, 0.2) is 0 Å². The normalized spacial score (nSPS) is 12.1. The number of rotatable bonds is 6. The zero-order chi connectivity index (χ0) is 13.7. The van der Waals surface area contributed by atoms with Crippen molar-refractivity contribution in [2.24, 2.45) is 16.6 Å². The minimum Gasteiger partial charge on any atom is -0.465 e. The second-order valence-corrected chi connectivity index (χ2v) is 5.39. The summed E-state index contributed by atoms with van der Waals surface area (Å²) in [4.78, 5) is 22.0. The van der Waals surface area contributed by atoms with Gasteiger partial charge in [0.2, 0.25) is 0 Å². The van der Waals surface area contributed by atoms with E-state index in [1.54, 1.807) is 27.7 Å². The van der Waals surface area contributed by atoms with Crippen LogP contribution in [0.25, 0.3) is 0 Å². The zero-order valence-electron chi connectivity index (χ0n) is 10.8. The van der Waals surface area contributed by atoms with E-state index < -0.39 is 22.9 Å². The van der Waals surface area contributed by atoms with E-state index in [4.69, 9.17) is 15.6 Å². The van der Waals surface area contributed by atoms with Crippen LogP contribution in [-0.2, 0) is 14.3 Å². The van der Waals surface area contributed by atoms with Crippen LogP contribution in [0.5, 0.6) is 0 Å². The molecular weight excluding hydrogens is 226 g/mol. The Morgan fingerprint density at radius 1 is 1.12 bits per heavy atom. The number of amides is 1. The molecule has 0 heterocycles. The minimum atomic E-state index is -0.930. The van der Waals surface area contributed by atoms with E-state index >= 15 is 0 Å². The molecule has 6 nitrogen and oxygen atoms in total. The highest BCUT2D eigenvalue weighted by atomic mass is 16.6. The number of carbonyl (C=O) groups is 2. The highest BCUT2D eigenvalue weighted by Gasteiger charge is 2.31. The molecule has 0 bridgehead atoms. The SMILES string of the molecule is CC(C)(COC(N)=O)COC(=O)C(C)(C)CO. The Balaban J connectivity index is 4.18. The van der Waals surface area contributed by atoms with Gasteiger partial charge in [0.25, 0.3) is 0 Å². The van der Waals surface area contributed by atoms with Crippen molar-refractivity contribution in [1.82, 2.24) is 0 Å². The third kappa shape index (κ3) is 6.11. The average molecular weight is 247 g/mol. The number of hydrogen-bond acceptors (Lipinski definition) is 5.